The summed E-state index contributed by atoms with van der Waals surface area (Å²) in [6.07, 6.45) is 0. The predicted molar refractivity (Wildman–Crippen MR) is 166 cm³/mol. The van der Waals surface area contributed by atoms with Crippen LogP contribution in [0.1, 0.15) is 10.4 Å². The first-order valence-electron chi connectivity index (χ1n) is 13.0. The molecule has 1 unspecified atom stereocenters. The second-order valence-corrected chi connectivity index (χ2v) is 12.5. The van der Waals surface area contributed by atoms with Crippen LogP contribution in [0.4, 0.5) is 28.4 Å². The van der Waals surface area contributed by atoms with Crippen molar-refractivity contribution in [3.05, 3.63) is 109 Å². The molecule has 0 aromatic heterocycles. The predicted octanol–water partition coefficient (Wildman–Crippen LogP) is 6.22. The number of phenols is 1. The lowest BCUT2D eigenvalue weighted by atomic mass is 10.1. The van der Waals surface area contributed by atoms with Gasteiger partial charge in [0.1, 0.15) is 0 Å². The monoisotopic (exact) mass is 661 g/mol. The van der Waals surface area contributed by atoms with Crippen molar-refractivity contribution in [1.29, 1.82) is 0 Å². The summed E-state index contributed by atoms with van der Waals surface area (Å²) in [5, 5.41) is 30.3. The van der Waals surface area contributed by atoms with E-state index in [-0.39, 0.29) is 27.3 Å². The summed E-state index contributed by atoms with van der Waals surface area (Å²) in [6.45, 7) is 0. The maximum atomic E-state index is 12.7. The van der Waals surface area contributed by atoms with Gasteiger partial charge in [-0.3, -0.25) is 4.79 Å². The molecule has 5 aromatic rings. The van der Waals surface area contributed by atoms with Gasteiger partial charge in [-0.25, -0.2) is 0 Å². The van der Waals surface area contributed by atoms with Crippen LogP contribution in [0.25, 0.3) is 10.8 Å². The minimum atomic E-state index is -4.58. The Bertz CT molecular complexity index is 2130. The van der Waals surface area contributed by atoms with E-state index in [1.54, 1.807) is 42.5 Å². The zero-order chi connectivity index (χ0) is 32.9. The van der Waals surface area contributed by atoms with E-state index < -0.39 is 36.9 Å². The van der Waals surface area contributed by atoms with Crippen LogP contribution in [0.5, 0.6) is 5.75 Å². The lowest BCUT2D eigenvalue weighted by molar-refractivity contribution is 0.102. The Morgan fingerprint density at radius 2 is 1.35 bits per heavy atom. The second kappa shape index (κ2) is 13.4. The number of amides is 1. The summed E-state index contributed by atoms with van der Waals surface area (Å²) in [6, 6.07) is 25.6. The zero-order valence-electron chi connectivity index (χ0n) is 23.4. The fourth-order valence-corrected chi connectivity index (χ4v) is 5.44. The van der Waals surface area contributed by atoms with Gasteiger partial charge < -0.3 is 10.4 Å². The van der Waals surface area contributed by atoms with Crippen LogP contribution >= 0.6 is 0 Å². The summed E-state index contributed by atoms with van der Waals surface area (Å²) < 4.78 is 56.8. The third kappa shape index (κ3) is 7.16. The molecule has 0 aliphatic carbocycles. The molecule has 0 saturated heterocycles. The normalized spacial score (nSPS) is 13.3. The standard InChI is InChI=1S/C29H23N7O8S2/c30-43-45(39,40)24-13-10-22(11-14-24)34-33-20-6-8-21(9-7-20)35-36-27-26(46(41,42)44-31)17-19-16-23(12-15-25(19)28(27)37)32-29(38)18-4-2-1-3-5-18/h1-17,37H,30-31H2,(H,32,38)/q+1. The molecule has 5 aromatic carbocycles. The fourth-order valence-electron chi connectivity index (χ4n) is 4.11. The number of fused-ring (bicyclic) bond motifs is 1. The van der Waals surface area contributed by atoms with E-state index in [1.807, 2.05) is 0 Å². The fraction of sp³-hybridized carbons (Fsp3) is 0. The van der Waals surface area contributed by atoms with Gasteiger partial charge in [0.15, 0.2) is 11.4 Å². The second-order valence-electron chi connectivity index (χ2n) is 9.34. The number of nitrogens with zero attached hydrogens (tertiary/aromatic N) is 4. The van der Waals surface area contributed by atoms with E-state index in [0.717, 1.165) is 0 Å². The molecule has 6 N–H and O–H groups in total. The van der Waals surface area contributed by atoms with E-state index in [0.29, 0.717) is 22.6 Å². The number of aromatic hydroxyl groups is 1. The van der Waals surface area contributed by atoms with Gasteiger partial charge >= 0.3 is 20.6 Å². The van der Waals surface area contributed by atoms with E-state index in [4.69, 9.17) is 11.8 Å². The largest absolute Gasteiger partial charge is 0.505 e. The number of azo groups is 2. The van der Waals surface area contributed by atoms with Crippen LogP contribution in [-0.4, -0.2) is 19.4 Å². The minimum absolute atomic E-state index is 0.146. The lowest BCUT2D eigenvalue weighted by Gasteiger charge is -2.10. The van der Waals surface area contributed by atoms with Gasteiger partial charge in [-0.15, -0.1) is 5.11 Å². The molecule has 5 rings (SSSR count). The molecule has 233 valence electrons. The van der Waals surface area contributed by atoms with Crippen molar-refractivity contribution >= 4 is 65.7 Å². The highest BCUT2D eigenvalue weighted by Gasteiger charge is 2.40. The molecule has 0 heterocycles. The third-order valence-corrected chi connectivity index (χ3v) is 8.60. The molecular formula is C29H23N7O8S2+. The van der Waals surface area contributed by atoms with Gasteiger partial charge in [-0.05, 0) is 92.7 Å². The number of benzene rings is 5. The molecule has 1 amide bonds. The van der Waals surface area contributed by atoms with Crippen LogP contribution in [-0.2, 0) is 37.9 Å². The van der Waals surface area contributed by atoms with Crippen LogP contribution < -0.4 is 17.1 Å². The van der Waals surface area contributed by atoms with Crippen molar-refractivity contribution < 1.29 is 35.6 Å². The Kier molecular flexibility index (Phi) is 9.35. The summed E-state index contributed by atoms with van der Waals surface area (Å²) in [5.74, 6) is 8.90. The number of phenolic OH excluding ortho intramolecular Hbond substituents is 1. The summed E-state index contributed by atoms with van der Waals surface area (Å²) in [7, 11) is -8.62. The highest BCUT2D eigenvalue weighted by Crippen LogP contribution is 2.44. The van der Waals surface area contributed by atoms with Crippen LogP contribution in [0, 0.1) is 0 Å². The first-order valence-corrected chi connectivity index (χ1v) is 15.8. The van der Waals surface area contributed by atoms with Crippen molar-refractivity contribution in [2.24, 2.45) is 32.3 Å². The maximum Gasteiger partial charge on any atom is 0.449 e. The molecule has 0 aliphatic rings. The first kappa shape index (κ1) is 32.1. The molecule has 0 bridgehead atoms. The van der Waals surface area contributed by atoms with Crippen molar-refractivity contribution in [1.82, 2.24) is 0 Å². The Hall–Kier alpha value is -5.27. The number of carbonyl (C=O) groups excluding carboxylic acids is 1. The maximum absolute atomic E-state index is 12.7. The molecular weight excluding hydrogens is 638 g/mol. The smallest absolute Gasteiger partial charge is 0.449 e. The van der Waals surface area contributed by atoms with Crippen LogP contribution in [0.3, 0.4) is 0 Å². The Balaban J connectivity index is 1.39. The first-order chi connectivity index (χ1) is 22.0. The number of hydrogen-bond acceptors (Lipinski definition) is 13. The molecule has 17 heteroatoms. The number of anilines is 1. The van der Waals surface area contributed by atoms with Gasteiger partial charge in [0.2, 0.25) is 0 Å². The number of carbonyl (C=O) groups is 1. The lowest BCUT2D eigenvalue weighted by Crippen LogP contribution is -2.17. The van der Waals surface area contributed by atoms with Gasteiger partial charge in [-0.2, -0.15) is 39.8 Å². The van der Waals surface area contributed by atoms with E-state index >= 15 is 0 Å². The quantitative estimate of drug-likeness (QED) is 0.0753. The molecule has 0 saturated carbocycles. The van der Waals surface area contributed by atoms with Gasteiger partial charge in [0.25, 0.3) is 10.8 Å². The van der Waals surface area contributed by atoms with Gasteiger partial charge in [-0.1, -0.05) is 18.2 Å². The molecule has 1 radical (unpaired) electrons. The summed E-state index contributed by atoms with van der Waals surface area (Å²) >= 11 is 0. The average Bonchev–Trinajstić information content (AvgIpc) is 3.07. The Morgan fingerprint density at radius 1 is 0.783 bits per heavy atom. The van der Waals surface area contributed by atoms with Crippen LogP contribution in [0.15, 0.2) is 133 Å². The highest BCUT2D eigenvalue weighted by molar-refractivity contribution is 7.93. The highest BCUT2D eigenvalue weighted by atomic mass is 32.3. The summed E-state index contributed by atoms with van der Waals surface area (Å²) in [5.41, 5.74) is 1.37. The molecule has 0 aliphatic heterocycles. The molecule has 1 atom stereocenters. The molecule has 0 spiro atoms. The number of hydrogen-bond donors (Lipinski definition) is 4. The molecule has 46 heavy (non-hydrogen) atoms. The van der Waals surface area contributed by atoms with Crippen molar-refractivity contribution in [2.45, 2.75) is 9.79 Å². The average molecular weight is 662 g/mol. The molecule has 15 nitrogen and oxygen atoms in total. The Labute approximate surface area is 262 Å². The van der Waals surface area contributed by atoms with Crippen LogP contribution in [0.2, 0.25) is 0 Å². The van der Waals surface area contributed by atoms with Crippen molar-refractivity contribution in [3.8, 4) is 5.75 Å². The third-order valence-electron chi connectivity index (χ3n) is 6.39. The van der Waals surface area contributed by atoms with E-state index in [9.17, 15) is 27.1 Å². The number of rotatable bonds is 10. The minimum Gasteiger partial charge on any atom is -0.505 e. The topological polar surface area (TPSA) is 240 Å². The zero-order valence-corrected chi connectivity index (χ0v) is 25.0. The van der Waals surface area contributed by atoms with Gasteiger partial charge in [0.05, 0.1) is 26.5 Å². The Morgan fingerprint density at radius 3 is 1.91 bits per heavy atom. The number of nitrogens with one attached hydrogen (secondary N) is 1. The van der Waals surface area contributed by atoms with Gasteiger partial charge in [0, 0.05) is 22.7 Å². The SMILES string of the molecule is NOS(=O)(=O)c1ccc(N=Nc2ccc(N=Nc3c([S+]([O])(=O)ON)cc4cc(NC(=O)c5ccccc5)ccc4c3O)cc2)cc1. The van der Waals surface area contributed by atoms with E-state index in [2.05, 4.69) is 34.3 Å². The van der Waals surface area contributed by atoms with Crippen molar-refractivity contribution in [2.75, 3.05) is 5.32 Å². The van der Waals surface area contributed by atoms with Crippen molar-refractivity contribution in [3.63, 3.8) is 0 Å². The molecule has 0 fully saturated rings. The van der Waals surface area contributed by atoms with E-state index in [1.165, 1.54) is 60.7 Å². The summed E-state index contributed by atoms with van der Waals surface area (Å²) in [4.78, 5) is 11.9. The number of nitrogens with two attached hydrogens (primary N) is 2.